The molecule has 0 saturated carbocycles. The number of hydrogen-bond acceptors (Lipinski definition) is 3. The van der Waals surface area contributed by atoms with Gasteiger partial charge in [-0.15, -0.1) is 0 Å². The molecule has 1 saturated heterocycles. The fourth-order valence-electron chi connectivity index (χ4n) is 3.10. The van der Waals surface area contributed by atoms with Crippen LogP contribution in [0.2, 0.25) is 0 Å². The lowest BCUT2D eigenvalue weighted by Crippen LogP contribution is -2.53. The monoisotopic (exact) mass is 347 g/mol. The maximum atomic E-state index is 12.5. The number of methoxy groups -OCH3 is 1. The summed E-state index contributed by atoms with van der Waals surface area (Å²) in [7, 11) is 1.63. The van der Waals surface area contributed by atoms with Crippen molar-refractivity contribution >= 4 is 11.9 Å². The van der Waals surface area contributed by atoms with E-state index in [1.54, 1.807) is 14.0 Å². The minimum Gasteiger partial charge on any atom is -0.497 e. The fourth-order valence-corrected chi connectivity index (χ4v) is 3.10. The number of ether oxygens (including phenoxy) is 1. The number of carbonyl (C=O) groups excluding carboxylic acids is 2. The molecule has 0 spiro atoms. The Labute approximate surface area is 149 Å². The maximum absolute atomic E-state index is 12.5. The third kappa shape index (κ3) is 5.66. The molecule has 1 fully saturated rings. The summed E-state index contributed by atoms with van der Waals surface area (Å²) in [6.07, 6.45) is 3.96. The molecule has 2 atom stereocenters. The molecule has 138 valence electrons. The van der Waals surface area contributed by atoms with E-state index in [-0.39, 0.29) is 18.0 Å². The van der Waals surface area contributed by atoms with Gasteiger partial charge >= 0.3 is 6.03 Å². The third-order valence-electron chi connectivity index (χ3n) is 4.66. The maximum Gasteiger partial charge on any atom is 0.315 e. The van der Waals surface area contributed by atoms with Crippen LogP contribution in [0.1, 0.15) is 38.7 Å². The number of hydrogen-bond donors (Lipinski definition) is 2. The topological polar surface area (TPSA) is 70.7 Å². The van der Waals surface area contributed by atoms with E-state index in [9.17, 15) is 9.59 Å². The van der Waals surface area contributed by atoms with Crippen molar-refractivity contribution < 1.29 is 14.3 Å². The molecule has 1 aromatic rings. The molecule has 0 aromatic heterocycles. The van der Waals surface area contributed by atoms with Crippen molar-refractivity contribution in [3.63, 3.8) is 0 Å². The fraction of sp³-hybridized carbons (Fsp3) is 0.579. The molecular weight excluding hydrogens is 318 g/mol. The summed E-state index contributed by atoms with van der Waals surface area (Å²) in [4.78, 5) is 26.4. The Morgan fingerprint density at radius 3 is 2.64 bits per heavy atom. The van der Waals surface area contributed by atoms with Crippen molar-refractivity contribution in [2.45, 2.75) is 51.6 Å². The van der Waals surface area contributed by atoms with Gasteiger partial charge in [-0.3, -0.25) is 4.79 Å². The number of urea groups is 1. The van der Waals surface area contributed by atoms with Crippen molar-refractivity contribution in [3.8, 4) is 5.75 Å². The SMILES string of the molecule is COc1ccc(CCNC(=O)N[C@@H](C)C(=O)N2CCCC[C@@H]2C)cc1. The average molecular weight is 347 g/mol. The Balaban J connectivity index is 1.72. The molecule has 6 heteroatoms. The van der Waals surface area contributed by atoms with Crippen molar-refractivity contribution in [3.05, 3.63) is 29.8 Å². The van der Waals surface area contributed by atoms with E-state index in [0.29, 0.717) is 6.54 Å². The summed E-state index contributed by atoms with van der Waals surface area (Å²) in [5.74, 6) is 0.811. The van der Waals surface area contributed by atoms with Gasteiger partial charge in [-0.25, -0.2) is 4.79 Å². The zero-order chi connectivity index (χ0) is 18.2. The van der Waals surface area contributed by atoms with Crippen molar-refractivity contribution in [1.82, 2.24) is 15.5 Å². The Hall–Kier alpha value is -2.24. The van der Waals surface area contributed by atoms with Crippen LogP contribution < -0.4 is 15.4 Å². The van der Waals surface area contributed by atoms with Crippen LogP contribution in [0.15, 0.2) is 24.3 Å². The van der Waals surface area contributed by atoms with Crippen LogP contribution in [0.25, 0.3) is 0 Å². The zero-order valence-corrected chi connectivity index (χ0v) is 15.4. The zero-order valence-electron chi connectivity index (χ0n) is 15.4. The van der Waals surface area contributed by atoms with E-state index in [0.717, 1.165) is 37.1 Å². The smallest absolute Gasteiger partial charge is 0.315 e. The number of piperidine rings is 1. The van der Waals surface area contributed by atoms with Gasteiger partial charge in [0.2, 0.25) is 5.91 Å². The lowest BCUT2D eigenvalue weighted by molar-refractivity contribution is -0.136. The van der Waals surface area contributed by atoms with Gasteiger partial charge in [0.25, 0.3) is 0 Å². The van der Waals surface area contributed by atoms with Gasteiger partial charge in [-0.05, 0) is 57.2 Å². The lowest BCUT2D eigenvalue weighted by atomic mass is 10.0. The molecule has 0 unspecified atom stereocenters. The van der Waals surface area contributed by atoms with Crippen LogP contribution in [-0.2, 0) is 11.2 Å². The molecule has 25 heavy (non-hydrogen) atoms. The summed E-state index contributed by atoms with van der Waals surface area (Å²) in [6.45, 7) is 5.11. The lowest BCUT2D eigenvalue weighted by Gasteiger charge is -2.35. The van der Waals surface area contributed by atoms with Crippen LogP contribution in [0.5, 0.6) is 5.75 Å². The largest absolute Gasteiger partial charge is 0.497 e. The van der Waals surface area contributed by atoms with Gasteiger partial charge in [0.1, 0.15) is 11.8 Å². The second kappa shape index (κ2) is 9.30. The molecular formula is C19H29N3O3. The van der Waals surface area contributed by atoms with E-state index in [1.165, 1.54) is 6.42 Å². The molecule has 1 aromatic carbocycles. The van der Waals surface area contributed by atoms with E-state index >= 15 is 0 Å². The van der Waals surface area contributed by atoms with Crippen molar-refractivity contribution in [2.75, 3.05) is 20.2 Å². The van der Waals surface area contributed by atoms with Crippen LogP contribution >= 0.6 is 0 Å². The highest BCUT2D eigenvalue weighted by molar-refractivity contribution is 5.87. The number of rotatable bonds is 6. The summed E-state index contributed by atoms with van der Waals surface area (Å²) in [5, 5.41) is 5.55. The molecule has 0 bridgehead atoms. The average Bonchev–Trinajstić information content (AvgIpc) is 2.62. The first-order valence-electron chi connectivity index (χ1n) is 8.99. The molecule has 0 radical (unpaired) electrons. The van der Waals surface area contributed by atoms with Crippen molar-refractivity contribution in [2.24, 2.45) is 0 Å². The molecule has 3 amide bonds. The van der Waals surface area contributed by atoms with E-state index in [1.807, 2.05) is 29.2 Å². The number of benzene rings is 1. The molecule has 1 heterocycles. The van der Waals surface area contributed by atoms with Gasteiger partial charge in [0, 0.05) is 19.1 Å². The molecule has 1 aliphatic rings. The van der Waals surface area contributed by atoms with Crippen LogP contribution in [0, 0.1) is 0 Å². The molecule has 2 rings (SSSR count). The minimum absolute atomic E-state index is 0.00231. The summed E-state index contributed by atoms with van der Waals surface area (Å²) >= 11 is 0. The molecule has 0 aliphatic carbocycles. The molecule has 6 nitrogen and oxygen atoms in total. The predicted octanol–water partition coefficient (Wildman–Crippen LogP) is 2.33. The highest BCUT2D eigenvalue weighted by Gasteiger charge is 2.27. The number of nitrogens with one attached hydrogen (secondary N) is 2. The van der Waals surface area contributed by atoms with E-state index in [2.05, 4.69) is 17.6 Å². The van der Waals surface area contributed by atoms with Gasteiger partial charge in [0.05, 0.1) is 7.11 Å². The number of carbonyl (C=O) groups is 2. The van der Waals surface area contributed by atoms with Gasteiger partial charge < -0.3 is 20.3 Å². The third-order valence-corrected chi connectivity index (χ3v) is 4.66. The second-order valence-corrected chi connectivity index (χ2v) is 6.60. The highest BCUT2D eigenvalue weighted by atomic mass is 16.5. The molecule has 1 aliphatic heterocycles. The Morgan fingerprint density at radius 2 is 2.00 bits per heavy atom. The number of likely N-dealkylation sites (tertiary alicyclic amines) is 1. The quantitative estimate of drug-likeness (QED) is 0.830. The van der Waals surface area contributed by atoms with Crippen LogP contribution in [0.4, 0.5) is 4.79 Å². The minimum atomic E-state index is -0.512. The standard InChI is InChI=1S/C19H29N3O3/c1-14-6-4-5-13-22(14)18(23)15(2)21-19(24)20-12-11-16-7-9-17(25-3)10-8-16/h7-10,14-15H,4-6,11-13H2,1-3H3,(H2,20,21,24)/t14-,15-/m0/s1. The van der Waals surface area contributed by atoms with E-state index in [4.69, 9.17) is 4.74 Å². The first-order chi connectivity index (χ1) is 12.0. The first-order valence-corrected chi connectivity index (χ1v) is 8.99. The summed E-state index contributed by atoms with van der Waals surface area (Å²) in [6, 6.07) is 7.18. The van der Waals surface area contributed by atoms with Crippen LogP contribution in [0.3, 0.4) is 0 Å². The Morgan fingerprint density at radius 1 is 1.28 bits per heavy atom. The summed E-state index contributed by atoms with van der Waals surface area (Å²) in [5.41, 5.74) is 1.12. The number of nitrogens with zero attached hydrogens (tertiary/aromatic N) is 1. The highest BCUT2D eigenvalue weighted by Crippen LogP contribution is 2.17. The summed E-state index contributed by atoms with van der Waals surface area (Å²) < 4.78 is 5.12. The second-order valence-electron chi connectivity index (χ2n) is 6.60. The van der Waals surface area contributed by atoms with E-state index < -0.39 is 6.04 Å². The normalized spacial score (nSPS) is 18.4. The van der Waals surface area contributed by atoms with Gasteiger partial charge in [0.15, 0.2) is 0 Å². The Bertz CT molecular complexity index is 574. The predicted molar refractivity (Wildman–Crippen MR) is 97.7 cm³/mol. The van der Waals surface area contributed by atoms with Crippen LogP contribution in [-0.4, -0.2) is 49.1 Å². The van der Waals surface area contributed by atoms with Crippen molar-refractivity contribution in [1.29, 1.82) is 0 Å². The molecule has 2 N–H and O–H groups in total. The van der Waals surface area contributed by atoms with Gasteiger partial charge in [-0.1, -0.05) is 12.1 Å². The Kier molecular flexibility index (Phi) is 7.10. The number of amides is 3. The van der Waals surface area contributed by atoms with Gasteiger partial charge in [-0.2, -0.15) is 0 Å². The first kappa shape index (κ1) is 19.1.